The van der Waals surface area contributed by atoms with E-state index >= 15 is 0 Å². The third-order valence-electron chi connectivity index (χ3n) is 3.89. The zero-order valence-corrected chi connectivity index (χ0v) is 16.8. The lowest BCUT2D eigenvalue weighted by molar-refractivity contribution is -0.117. The summed E-state index contributed by atoms with van der Waals surface area (Å²) < 4.78 is 49.2. The second-order valence-electron chi connectivity index (χ2n) is 6.22. The fourth-order valence-corrected chi connectivity index (χ4v) is 4.41. The van der Waals surface area contributed by atoms with Gasteiger partial charge < -0.3 is 5.32 Å². The number of hydrogen-bond donors (Lipinski definition) is 1. The van der Waals surface area contributed by atoms with E-state index in [9.17, 15) is 22.0 Å². The van der Waals surface area contributed by atoms with Gasteiger partial charge >= 0.3 is 0 Å². The van der Waals surface area contributed by atoms with E-state index in [0.717, 1.165) is 29.7 Å². The van der Waals surface area contributed by atoms with Crippen molar-refractivity contribution >= 4 is 32.2 Å². The minimum Gasteiger partial charge on any atom is -0.301 e. The molecule has 1 aromatic heterocycles. The van der Waals surface area contributed by atoms with E-state index < -0.39 is 21.5 Å². The molecular formula is C17H21F2N3O3S2. The number of rotatable bonds is 8. The molecule has 1 amide bonds. The van der Waals surface area contributed by atoms with Gasteiger partial charge in [0.15, 0.2) is 16.8 Å². The van der Waals surface area contributed by atoms with Gasteiger partial charge in [-0.05, 0) is 31.7 Å². The molecule has 0 aliphatic heterocycles. The van der Waals surface area contributed by atoms with Crippen molar-refractivity contribution in [2.24, 2.45) is 0 Å². The molecule has 6 nitrogen and oxygen atoms in total. The fourth-order valence-electron chi connectivity index (χ4n) is 2.59. The highest BCUT2D eigenvalue weighted by molar-refractivity contribution is 7.90. The number of thiazole rings is 1. The first-order valence-corrected chi connectivity index (χ1v) is 11.2. The van der Waals surface area contributed by atoms with Crippen molar-refractivity contribution in [3.8, 4) is 11.3 Å². The summed E-state index contributed by atoms with van der Waals surface area (Å²) in [4.78, 5) is 18.2. The Bertz CT molecular complexity index is 916. The number of aromatic nitrogens is 1. The molecule has 0 aliphatic rings. The molecule has 0 fully saturated rings. The number of amides is 1. The molecule has 0 spiro atoms. The minimum absolute atomic E-state index is 0.0211. The van der Waals surface area contributed by atoms with Crippen molar-refractivity contribution in [1.29, 1.82) is 0 Å². The third-order valence-corrected chi connectivity index (χ3v) is 5.73. The van der Waals surface area contributed by atoms with Crippen LogP contribution in [0.2, 0.25) is 0 Å². The second-order valence-corrected chi connectivity index (χ2v) is 9.26. The molecule has 1 heterocycles. The van der Waals surface area contributed by atoms with Crippen LogP contribution in [0.3, 0.4) is 0 Å². The largest absolute Gasteiger partial charge is 0.301 e. The monoisotopic (exact) mass is 417 g/mol. The smallest absolute Gasteiger partial charge is 0.240 e. The van der Waals surface area contributed by atoms with Gasteiger partial charge in [0.05, 0.1) is 18.0 Å². The van der Waals surface area contributed by atoms with Gasteiger partial charge in [0.1, 0.15) is 9.84 Å². The molecule has 1 atom stereocenters. The number of nitrogens with zero attached hydrogens (tertiary/aromatic N) is 2. The first kappa shape index (κ1) is 21.4. The molecule has 27 heavy (non-hydrogen) atoms. The number of sulfone groups is 1. The van der Waals surface area contributed by atoms with E-state index in [0.29, 0.717) is 22.9 Å². The van der Waals surface area contributed by atoms with E-state index in [-0.39, 0.29) is 24.2 Å². The van der Waals surface area contributed by atoms with Gasteiger partial charge in [-0.15, -0.1) is 11.3 Å². The molecule has 2 aromatic rings. The van der Waals surface area contributed by atoms with Crippen LogP contribution in [-0.4, -0.2) is 55.3 Å². The number of anilines is 1. The Kier molecular flexibility index (Phi) is 7.01. The van der Waals surface area contributed by atoms with Crippen molar-refractivity contribution in [2.75, 3.05) is 30.4 Å². The van der Waals surface area contributed by atoms with Crippen LogP contribution in [0.4, 0.5) is 13.9 Å². The summed E-state index contributed by atoms with van der Waals surface area (Å²) >= 11 is 1.16. The van der Waals surface area contributed by atoms with Crippen LogP contribution in [-0.2, 0) is 14.6 Å². The van der Waals surface area contributed by atoms with Gasteiger partial charge in [-0.2, -0.15) is 0 Å². The predicted octanol–water partition coefficient (Wildman–Crippen LogP) is 2.78. The summed E-state index contributed by atoms with van der Waals surface area (Å²) in [5, 5.41) is 4.61. The number of hydrogen-bond acceptors (Lipinski definition) is 6. The van der Waals surface area contributed by atoms with Crippen molar-refractivity contribution in [3.63, 3.8) is 0 Å². The van der Waals surface area contributed by atoms with Gasteiger partial charge in [0, 0.05) is 23.2 Å². The van der Waals surface area contributed by atoms with Crippen LogP contribution >= 0.6 is 11.3 Å². The molecular weight excluding hydrogens is 396 g/mol. The van der Waals surface area contributed by atoms with Crippen LogP contribution in [0.25, 0.3) is 11.3 Å². The van der Waals surface area contributed by atoms with Crippen LogP contribution in [0.5, 0.6) is 0 Å². The van der Waals surface area contributed by atoms with Crippen LogP contribution in [0, 0.1) is 11.6 Å². The van der Waals surface area contributed by atoms with Crippen molar-refractivity contribution in [1.82, 2.24) is 9.88 Å². The zero-order valence-electron chi connectivity index (χ0n) is 15.2. The molecule has 0 radical (unpaired) electrons. The van der Waals surface area contributed by atoms with Crippen molar-refractivity contribution in [2.45, 2.75) is 19.9 Å². The quantitative estimate of drug-likeness (QED) is 0.715. The van der Waals surface area contributed by atoms with E-state index in [1.807, 2.05) is 6.92 Å². The summed E-state index contributed by atoms with van der Waals surface area (Å²) in [6.07, 6.45) is 1.16. The Morgan fingerprint density at radius 1 is 1.33 bits per heavy atom. The standard InChI is InChI=1S/C17H21F2N3O3S2/c1-4-22(11(2)10-27(3,24)25)8-16(23)21-17-20-15(9-26-17)12-5-6-13(18)14(19)7-12/h5-7,9,11H,4,8,10H2,1-3H3,(H,20,21,23). The lowest BCUT2D eigenvalue weighted by Gasteiger charge is -2.26. The first-order chi connectivity index (χ1) is 12.6. The van der Waals surface area contributed by atoms with Crippen LogP contribution < -0.4 is 5.32 Å². The Hall–Kier alpha value is -1.91. The van der Waals surface area contributed by atoms with Crippen LogP contribution in [0.15, 0.2) is 23.6 Å². The summed E-state index contributed by atoms with van der Waals surface area (Å²) in [5.41, 5.74) is 0.828. The fraction of sp³-hybridized carbons (Fsp3) is 0.412. The highest BCUT2D eigenvalue weighted by Crippen LogP contribution is 2.26. The van der Waals surface area contributed by atoms with Gasteiger partial charge in [-0.1, -0.05) is 6.92 Å². The third kappa shape index (κ3) is 6.33. The molecule has 1 aromatic carbocycles. The highest BCUT2D eigenvalue weighted by Gasteiger charge is 2.20. The first-order valence-electron chi connectivity index (χ1n) is 8.21. The minimum atomic E-state index is -3.15. The molecule has 0 saturated heterocycles. The molecule has 0 saturated carbocycles. The molecule has 2 rings (SSSR count). The molecule has 1 unspecified atom stereocenters. The maximum absolute atomic E-state index is 13.3. The zero-order chi connectivity index (χ0) is 20.2. The average Bonchev–Trinajstić information content (AvgIpc) is 3.01. The average molecular weight is 418 g/mol. The van der Waals surface area contributed by atoms with Crippen LogP contribution in [0.1, 0.15) is 13.8 Å². The maximum Gasteiger partial charge on any atom is 0.240 e. The highest BCUT2D eigenvalue weighted by atomic mass is 32.2. The number of likely N-dealkylation sites (N-methyl/N-ethyl adjacent to an activating group) is 1. The number of halogens is 2. The van der Waals surface area contributed by atoms with Gasteiger partial charge in [0.25, 0.3) is 0 Å². The summed E-state index contributed by atoms with van der Waals surface area (Å²) in [7, 11) is -3.15. The Morgan fingerprint density at radius 2 is 2.04 bits per heavy atom. The normalized spacial score (nSPS) is 13.0. The Balaban J connectivity index is 2.01. The Labute approximate surface area is 161 Å². The Morgan fingerprint density at radius 3 is 2.63 bits per heavy atom. The summed E-state index contributed by atoms with van der Waals surface area (Å²) in [6, 6.07) is 3.17. The van der Waals surface area contributed by atoms with E-state index in [4.69, 9.17) is 0 Å². The topological polar surface area (TPSA) is 79.4 Å². The van der Waals surface area contributed by atoms with Gasteiger partial charge in [-0.25, -0.2) is 22.2 Å². The van der Waals surface area contributed by atoms with Gasteiger partial charge in [-0.3, -0.25) is 9.69 Å². The van der Waals surface area contributed by atoms with Gasteiger partial charge in [0.2, 0.25) is 5.91 Å². The number of carbonyl (C=O) groups excluding carboxylic acids is 1. The number of carbonyl (C=O) groups is 1. The summed E-state index contributed by atoms with van der Waals surface area (Å²) in [5.74, 6) is -2.27. The number of nitrogens with one attached hydrogen (secondary N) is 1. The van der Waals surface area contributed by atoms with E-state index in [1.165, 1.54) is 6.07 Å². The lowest BCUT2D eigenvalue weighted by atomic mass is 10.2. The predicted molar refractivity (Wildman–Crippen MR) is 103 cm³/mol. The maximum atomic E-state index is 13.3. The molecule has 0 bridgehead atoms. The van der Waals surface area contributed by atoms with Crippen molar-refractivity contribution < 1.29 is 22.0 Å². The SMILES string of the molecule is CCN(CC(=O)Nc1nc(-c2ccc(F)c(F)c2)cs1)C(C)CS(C)(=O)=O. The molecule has 1 N–H and O–H groups in total. The van der Waals surface area contributed by atoms with Crippen molar-refractivity contribution in [3.05, 3.63) is 35.2 Å². The summed E-state index contributed by atoms with van der Waals surface area (Å²) in [6.45, 7) is 4.13. The molecule has 148 valence electrons. The second kappa shape index (κ2) is 8.85. The molecule has 10 heteroatoms. The number of benzene rings is 1. The van der Waals surface area contributed by atoms with E-state index in [1.54, 1.807) is 17.2 Å². The lowest BCUT2D eigenvalue weighted by Crippen LogP contribution is -2.42. The van der Waals surface area contributed by atoms with E-state index in [2.05, 4.69) is 10.3 Å². The molecule has 0 aliphatic carbocycles.